The van der Waals surface area contributed by atoms with Crippen LogP contribution in [0.25, 0.3) is 5.65 Å². The van der Waals surface area contributed by atoms with Crippen LogP contribution in [0.15, 0.2) is 34.9 Å². The average molecular weight is 341 g/mol. The zero-order valence-corrected chi connectivity index (χ0v) is 13.7. The van der Waals surface area contributed by atoms with Gasteiger partial charge in [-0.2, -0.15) is 0 Å². The molecular formula is C16H19N7O2. The monoisotopic (exact) mass is 341 g/mol. The van der Waals surface area contributed by atoms with Crippen LogP contribution in [-0.2, 0) is 11.2 Å². The summed E-state index contributed by atoms with van der Waals surface area (Å²) < 4.78 is 6.68. The molecule has 3 aromatic heterocycles. The summed E-state index contributed by atoms with van der Waals surface area (Å²) in [6.07, 6.45) is 4.18. The standard InChI is InChI=1S/C16H19N7O2/c24-16(17-8-7-13-4-2-10-25-13)12-3-1-9-22(11-12)15-6-5-14-18-20-21-23(14)19-15/h2,4-6,10,12H,1,3,7-9,11H2,(H,17,24). The average Bonchev–Trinajstić information content (AvgIpc) is 3.32. The zero-order valence-electron chi connectivity index (χ0n) is 13.7. The summed E-state index contributed by atoms with van der Waals surface area (Å²) in [4.78, 5) is 14.6. The Labute approximate surface area is 144 Å². The first kappa shape index (κ1) is 15.6. The predicted octanol–water partition coefficient (Wildman–Crippen LogP) is 0.688. The van der Waals surface area contributed by atoms with Gasteiger partial charge in [0.05, 0.1) is 12.2 Å². The van der Waals surface area contributed by atoms with E-state index in [2.05, 4.69) is 30.8 Å². The van der Waals surface area contributed by atoms with Gasteiger partial charge < -0.3 is 14.6 Å². The normalized spacial score (nSPS) is 17.8. The van der Waals surface area contributed by atoms with Gasteiger partial charge in [-0.05, 0) is 47.5 Å². The molecule has 1 saturated heterocycles. The van der Waals surface area contributed by atoms with Crippen molar-refractivity contribution in [1.29, 1.82) is 0 Å². The molecule has 0 spiro atoms. The number of furan rings is 1. The lowest BCUT2D eigenvalue weighted by molar-refractivity contribution is -0.125. The van der Waals surface area contributed by atoms with Crippen molar-refractivity contribution in [1.82, 2.24) is 30.6 Å². The fourth-order valence-electron chi connectivity index (χ4n) is 3.12. The number of fused-ring (bicyclic) bond motifs is 1. The van der Waals surface area contributed by atoms with E-state index in [0.29, 0.717) is 25.2 Å². The van der Waals surface area contributed by atoms with E-state index < -0.39 is 0 Å². The van der Waals surface area contributed by atoms with E-state index in [-0.39, 0.29) is 11.8 Å². The van der Waals surface area contributed by atoms with Crippen molar-refractivity contribution in [2.45, 2.75) is 19.3 Å². The molecule has 4 heterocycles. The molecule has 1 amide bonds. The van der Waals surface area contributed by atoms with E-state index in [1.807, 2.05) is 24.3 Å². The number of hydrogen-bond acceptors (Lipinski definition) is 7. The molecule has 1 atom stereocenters. The molecule has 9 nitrogen and oxygen atoms in total. The van der Waals surface area contributed by atoms with Gasteiger partial charge in [0.2, 0.25) is 5.91 Å². The molecule has 130 valence electrons. The van der Waals surface area contributed by atoms with Crippen molar-refractivity contribution >= 4 is 17.4 Å². The first-order valence-corrected chi connectivity index (χ1v) is 8.40. The molecule has 1 N–H and O–H groups in total. The Balaban J connectivity index is 1.35. The second kappa shape index (κ2) is 6.88. The topological polar surface area (TPSA) is 101 Å². The van der Waals surface area contributed by atoms with Crippen LogP contribution in [0.4, 0.5) is 5.82 Å². The number of rotatable bonds is 5. The van der Waals surface area contributed by atoms with Crippen LogP contribution in [0.5, 0.6) is 0 Å². The summed E-state index contributed by atoms with van der Waals surface area (Å²) in [5, 5.41) is 18.7. The molecule has 0 radical (unpaired) electrons. The lowest BCUT2D eigenvalue weighted by atomic mass is 9.97. The van der Waals surface area contributed by atoms with Crippen LogP contribution in [0, 0.1) is 5.92 Å². The number of nitrogens with one attached hydrogen (secondary N) is 1. The minimum absolute atomic E-state index is 0.0447. The van der Waals surface area contributed by atoms with Crippen molar-refractivity contribution in [2.75, 3.05) is 24.5 Å². The van der Waals surface area contributed by atoms with Crippen LogP contribution < -0.4 is 10.2 Å². The Bertz CT molecular complexity index is 845. The highest BCUT2D eigenvalue weighted by molar-refractivity contribution is 5.79. The second-order valence-electron chi connectivity index (χ2n) is 6.12. The highest BCUT2D eigenvalue weighted by atomic mass is 16.3. The van der Waals surface area contributed by atoms with Gasteiger partial charge in [0.25, 0.3) is 0 Å². The molecule has 1 fully saturated rings. The summed E-state index contributed by atoms with van der Waals surface area (Å²) in [5.41, 5.74) is 0.605. The number of amides is 1. The van der Waals surface area contributed by atoms with Crippen LogP contribution in [-0.4, -0.2) is 50.8 Å². The number of aromatic nitrogens is 5. The van der Waals surface area contributed by atoms with Crippen molar-refractivity contribution in [3.05, 3.63) is 36.3 Å². The van der Waals surface area contributed by atoms with Gasteiger partial charge in [0, 0.05) is 26.1 Å². The van der Waals surface area contributed by atoms with Crippen LogP contribution in [0.3, 0.4) is 0 Å². The van der Waals surface area contributed by atoms with Crippen molar-refractivity contribution in [3.8, 4) is 0 Å². The summed E-state index contributed by atoms with van der Waals surface area (Å²) >= 11 is 0. The van der Waals surface area contributed by atoms with E-state index >= 15 is 0 Å². The van der Waals surface area contributed by atoms with E-state index in [1.165, 1.54) is 4.63 Å². The Morgan fingerprint density at radius 1 is 1.36 bits per heavy atom. The number of hydrogen-bond donors (Lipinski definition) is 1. The Hall–Kier alpha value is -2.97. The number of piperidine rings is 1. The molecule has 1 aliphatic rings. The van der Waals surface area contributed by atoms with Gasteiger partial charge in [-0.1, -0.05) is 0 Å². The van der Waals surface area contributed by atoms with Crippen molar-refractivity contribution in [3.63, 3.8) is 0 Å². The molecule has 3 aromatic rings. The lowest BCUT2D eigenvalue weighted by Gasteiger charge is -2.32. The van der Waals surface area contributed by atoms with E-state index in [9.17, 15) is 4.79 Å². The Morgan fingerprint density at radius 3 is 3.20 bits per heavy atom. The van der Waals surface area contributed by atoms with E-state index in [1.54, 1.807) is 6.26 Å². The number of carbonyl (C=O) groups excluding carboxylic acids is 1. The number of nitrogens with zero attached hydrogens (tertiary/aromatic N) is 6. The first-order chi connectivity index (χ1) is 12.3. The molecular weight excluding hydrogens is 322 g/mol. The maximum absolute atomic E-state index is 12.4. The minimum atomic E-state index is -0.0447. The second-order valence-corrected chi connectivity index (χ2v) is 6.12. The third kappa shape index (κ3) is 3.44. The molecule has 0 saturated carbocycles. The number of anilines is 1. The zero-order chi connectivity index (χ0) is 17.1. The third-order valence-electron chi connectivity index (χ3n) is 4.42. The van der Waals surface area contributed by atoms with Gasteiger partial charge in [0.15, 0.2) is 11.5 Å². The molecule has 1 unspecified atom stereocenters. The molecule has 0 aliphatic carbocycles. The first-order valence-electron chi connectivity index (χ1n) is 8.40. The van der Waals surface area contributed by atoms with Crippen LogP contribution in [0.1, 0.15) is 18.6 Å². The lowest BCUT2D eigenvalue weighted by Crippen LogP contribution is -2.44. The van der Waals surface area contributed by atoms with Gasteiger partial charge in [0.1, 0.15) is 5.76 Å². The quantitative estimate of drug-likeness (QED) is 0.728. The largest absolute Gasteiger partial charge is 0.469 e. The maximum Gasteiger partial charge on any atom is 0.224 e. The van der Waals surface area contributed by atoms with Crippen LogP contribution >= 0.6 is 0 Å². The highest BCUT2D eigenvalue weighted by Gasteiger charge is 2.26. The fraction of sp³-hybridized carbons (Fsp3) is 0.438. The fourth-order valence-corrected chi connectivity index (χ4v) is 3.12. The Kier molecular flexibility index (Phi) is 4.28. The summed E-state index contributed by atoms with van der Waals surface area (Å²) in [6, 6.07) is 7.48. The minimum Gasteiger partial charge on any atom is -0.469 e. The number of carbonyl (C=O) groups is 1. The van der Waals surface area contributed by atoms with Crippen molar-refractivity contribution < 1.29 is 9.21 Å². The summed E-state index contributed by atoms with van der Waals surface area (Å²) in [6.45, 7) is 2.10. The van der Waals surface area contributed by atoms with Gasteiger partial charge in [-0.3, -0.25) is 4.79 Å². The van der Waals surface area contributed by atoms with Crippen LogP contribution in [0.2, 0.25) is 0 Å². The molecule has 25 heavy (non-hydrogen) atoms. The molecule has 0 aromatic carbocycles. The molecule has 9 heteroatoms. The predicted molar refractivity (Wildman–Crippen MR) is 88.9 cm³/mol. The van der Waals surface area contributed by atoms with Gasteiger partial charge in [-0.25, -0.2) is 0 Å². The van der Waals surface area contributed by atoms with E-state index in [0.717, 1.165) is 31.0 Å². The summed E-state index contributed by atoms with van der Waals surface area (Å²) in [5.74, 6) is 1.70. The smallest absolute Gasteiger partial charge is 0.224 e. The van der Waals surface area contributed by atoms with Gasteiger partial charge in [-0.15, -0.1) is 14.8 Å². The SMILES string of the molecule is O=C(NCCc1ccco1)C1CCCN(c2ccc3nnnn3n2)C1. The van der Waals surface area contributed by atoms with Gasteiger partial charge >= 0.3 is 0 Å². The number of tetrazole rings is 1. The molecule has 1 aliphatic heterocycles. The Morgan fingerprint density at radius 2 is 2.32 bits per heavy atom. The molecule has 4 rings (SSSR count). The van der Waals surface area contributed by atoms with Crippen molar-refractivity contribution in [2.24, 2.45) is 5.92 Å². The maximum atomic E-state index is 12.4. The third-order valence-corrected chi connectivity index (χ3v) is 4.42. The highest BCUT2D eigenvalue weighted by Crippen LogP contribution is 2.21. The van der Waals surface area contributed by atoms with E-state index in [4.69, 9.17) is 4.42 Å². The summed E-state index contributed by atoms with van der Waals surface area (Å²) in [7, 11) is 0. The molecule has 0 bridgehead atoms.